The molecule has 5 rings (SSSR count). The molecule has 33 heavy (non-hydrogen) atoms. The number of carbonyl (C=O) groups is 2. The summed E-state index contributed by atoms with van der Waals surface area (Å²) in [5.41, 5.74) is 3.91. The van der Waals surface area contributed by atoms with Gasteiger partial charge in [0.1, 0.15) is 12.4 Å². The van der Waals surface area contributed by atoms with Gasteiger partial charge in [-0.3, -0.25) is 14.5 Å². The quantitative estimate of drug-likeness (QED) is 0.560. The summed E-state index contributed by atoms with van der Waals surface area (Å²) in [6.07, 6.45) is 3.01. The van der Waals surface area contributed by atoms with Gasteiger partial charge in [0.25, 0.3) is 0 Å². The van der Waals surface area contributed by atoms with Gasteiger partial charge in [-0.15, -0.1) is 0 Å². The first-order chi connectivity index (χ1) is 16.1. The summed E-state index contributed by atoms with van der Waals surface area (Å²) in [6, 6.07) is 13.6. The van der Waals surface area contributed by atoms with E-state index in [2.05, 4.69) is 10.1 Å². The lowest BCUT2D eigenvalue weighted by Crippen LogP contribution is -2.43. The molecule has 4 heterocycles. The maximum absolute atomic E-state index is 13.4. The summed E-state index contributed by atoms with van der Waals surface area (Å²) in [5, 5.41) is 4.58. The van der Waals surface area contributed by atoms with Crippen molar-refractivity contribution in [3.63, 3.8) is 0 Å². The fourth-order valence-corrected chi connectivity index (χ4v) is 4.56. The van der Waals surface area contributed by atoms with E-state index in [1.165, 1.54) is 0 Å². The molecule has 0 radical (unpaired) electrons. The maximum atomic E-state index is 13.4. The number of pyridine rings is 1. The molecule has 0 spiro atoms. The zero-order chi connectivity index (χ0) is 22.8. The first kappa shape index (κ1) is 21.2. The fraction of sp³-hybridized carbons (Fsp3) is 0.360. The minimum atomic E-state index is -0.460. The Labute approximate surface area is 192 Å². The number of amides is 1. The second kappa shape index (κ2) is 9.05. The summed E-state index contributed by atoms with van der Waals surface area (Å²) >= 11 is 0. The van der Waals surface area contributed by atoms with E-state index in [0.717, 1.165) is 28.3 Å². The molecule has 0 aliphatic carbocycles. The van der Waals surface area contributed by atoms with Crippen molar-refractivity contribution in [1.29, 1.82) is 0 Å². The number of aromatic nitrogens is 3. The van der Waals surface area contributed by atoms with Gasteiger partial charge < -0.3 is 14.4 Å². The van der Waals surface area contributed by atoms with Crippen LogP contribution in [-0.2, 0) is 35.5 Å². The van der Waals surface area contributed by atoms with Gasteiger partial charge in [0, 0.05) is 37.0 Å². The largest absolute Gasteiger partial charge is 0.492 e. The van der Waals surface area contributed by atoms with Gasteiger partial charge >= 0.3 is 5.97 Å². The molecule has 170 valence electrons. The van der Waals surface area contributed by atoms with Crippen LogP contribution in [0.15, 0.2) is 48.7 Å². The van der Waals surface area contributed by atoms with Crippen molar-refractivity contribution in [2.24, 2.45) is 5.92 Å². The monoisotopic (exact) mass is 446 g/mol. The molecule has 0 saturated carbocycles. The van der Waals surface area contributed by atoms with Crippen molar-refractivity contribution >= 4 is 11.9 Å². The summed E-state index contributed by atoms with van der Waals surface area (Å²) in [6.45, 7) is 3.77. The van der Waals surface area contributed by atoms with E-state index in [0.29, 0.717) is 39.1 Å². The van der Waals surface area contributed by atoms with E-state index >= 15 is 0 Å². The van der Waals surface area contributed by atoms with Gasteiger partial charge in [-0.25, -0.2) is 4.79 Å². The van der Waals surface area contributed by atoms with Gasteiger partial charge in [0.05, 0.1) is 24.8 Å². The number of hydrogen-bond acceptors (Lipinski definition) is 6. The molecule has 3 aromatic rings. The lowest BCUT2D eigenvalue weighted by molar-refractivity contribution is -0.137. The Kier molecular flexibility index (Phi) is 5.81. The van der Waals surface area contributed by atoms with E-state index in [1.54, 1.807) is 13.1 Å². The van der Waals surface area contributed by atoms with Crippen LogP contribution >= 0.6 is 0 Å². The average molecular weight is 447 g/mol. The summed E-state index contributed by atoms with van der Waals surface area (Å²) < 4.78 is 12.9. The van der Waals surface area contributed by atoms with E-state index in [9.17, 15) is 9.59 Å². The number of rotatable bonds is 5. The SMILES string of the molecule is CCOC(=O)c1nn(Cc2ccccn2)c2c1CN(C(=O)C1COc3ccccc3C1)CC2. The van der Waals surface area contributed by atoms with Crippen molar-refractivity contribution in [1.82, 2.24) is 19.7 Å². The summed E-state index contributed by atoms with van der Waals surface area (Å²) in [7, 11) is 0. The molecular weight excluding hydrogens is 420 g/mol. The van der Waals surface area contributed by atoms with Crippen LogP contribution in [0.3, 0.4) is 0 Å². The van der Waals surface area contributed by atoms with Crippen molar-refractivity contribution < 1.29 is 19.1 Å². The van der Waals surface area contributed by atoms with Crippen molar-refractivity contribution in [3.8, 4) is 5.75 Å². The first-order valence-corrected chi connectivity index (χ1v) is 11.3. The Hall–Kier alpha value is -3.68. The van der Waals surface area contributed by atoms with E-state index in [-0.39, 0.29) is 24.1 Å². The van der Waals surface area contributed by atoms with Crippen LogP contribution in [0.5, 0.6) is 5.75 Å². The molecule has 0 N–H and O–H groups in total. The number of para-hydroxylation sites is 1. The third kappa shape index (κ3) is 4.20. The minimum Gasteiger partial charge on any atom is -0.492 e. The molecule has 0 bridgehead atoms. The van der Waals surface area contributed by atoms with Crippen LogP contribution in [0.4, 0.5) is 0 Å². The normalized spacial score (nSPS) is 17.0. The molecule has 1 unspecified atom stereocenters. The van der Waals surface area contributed by atoms with Gasteiger partial charge in [0.2, 0.25) is 5.91 Å². The highest BCUT2D eigenvalue weighted by Gasteiger charge is 2.35. The lowest BCUT2D eigenvalue weighted by atomic mass is 9.94. The predicted octanol–water partition coefficient (Wildman–Crippen LogP) is 2.64. The molecule has 0 saturated heterocycles. The van der Waals surface area contributed by atoms with Crippen molar-refractivity contribution in [2.75, 3.05) is 19.8 Å². The van der Waals surface area contributed by atoms with Crippen molar-refractivity contribution in [2.45, 2.75) is 32.9 Å². The number of benzene rings is 1. The topological polar surface area (TPSA) is 86.5 Å². The minimum absolute atomic E-state index is 0.0439. The molecule has 2 aromatic heterocycles. The average Bonchev–Trinajstić information content (AvgIpc) is 3.21. The number of ether oxygens (including phenoxy) is 2. The second-order valence-electron chi connectivity index (χ2n) is 8.30. The fourth-order valence-electron chi connectivity index (χ4n) is 4.56. The first-order valence-electron chi connectivity index (χ1n) is 11.3. The van der Waals surface area contributed by atoms with Gasteiger partial charge in [-0.2, -0.15) is 5.10 Å². The highest BCUT2D eigenvalue weighted by Crippen LogP contribution is 2.30. The molecule has 1 aromatic carbocycles. The highest BCUT2D eigenvalue weighted by atomic mass is 16.5. The molecular formula is C25H26N4O4. The van der Waals surface area contributed by atoms with Crippen LogP contribution in [0.25, 0.3) is 0 Å². The third-order valence-electron chi connectivity index (χ3n) is 6.18. The molecule has 2 aliphatic rings. The molecule has 1 atom stereocenters. The zero-order valence-corrected chi connectivity index (χ0v) is 18.6. The number of fused-ring (bicyclic) bond motifs is 2. The van der Waals surface area contributed by atoms with Crippen LogP contribution in [-0.4, -0.2) is 51.3 Å². The Morgan fingerprint density at radius 3 is 2.85 bits per heavy atom. The van der Waals surface area contributed by atoms with E-state index in [4.69, 9.17) is 9.47 Å². The number of hydrogen-bond donors (Lipinski definition) is 0. The molecule has 1 amide bonds. The standard InChI is InChI=1S/C25H26N4O4/c1-2-32-25(31)23-20-15-28(24(30)18-13-17-7-3-4-9-22(17)33-16-18)12-10-21(20)29(27-23)14-19-8-5-6-11-26-19/h3-9,11,18H,2,10,12-16H2,1H3. The molecule has 2 aliphatic heterocycles. The second-order valence-corrected chi connectivity index (χ2v) is 8.30. The predicted molar refractivity (Wildman–Crippen MR) is 120 cm³/mol. The summed E-state index contributed by atoms with van der Waals surface area (Å²) in [5.74, 6) is 0.194. The Morgan fingerprint density at radius 1 is 1.18 bits per heavy atom. The third-order valence-corrected chi connectivity index (χ3v) is 6.18. The number of esters is 1. The molecule has 8 heteroatoms. The number of nitrogens with zero attached hydrogens (tertiary/aromatic N) is 4. The highest BCUT2D eigenvalue weighted by molar-refractivity contribution is 5.89. The summed E-state index contributed by atoms with van der Waals surface area (Å²) in [4.78, 5) is 32.2. The van der Waals surface area contributed by atoms with Crippen LogP contribution in [0.2, 0.25) is 0 Å². The Balaban J connectivity index is 1.39. The van der Waals surface area contributed by atoms with Gasteiger partial charge in [-0.1, -0.05) is 24.3 Å². The van der Waals surface area contributed by atoms with Crippen LogP contribution in [0, 0.1) is 5.92 Å². The zero-order valence-electron chi connectivity index (χ0n) is 18.6. The lowest BCUT2D eigenvalue weighted by Gasteiger charge is -2.33. The van der Waals surface area contributed by atoms with Crippen LogP contribution in [0.1, 0.15) is 39.9 Å². The molecule has 0 fully saturated rings. The van der Waals surface area contributed by atoms with E-state index < -0.39 is 5.97 Å². The van der Waals surface area contributed by atoms with Gasteiger partial charge in [-0.05, 0) is 37.1 Å². The number of carbonyl (C=O) groups excluding carboxylic acids is 2. The smallest absolute Gasteiger partial charge is 0.359 e. The van der Waals surface area contributed by atoms with Crippen molar-refractivity contribution in [3.05, 3.63) is 76.9 Å². The van der Waals surface area contributed by atoms with Crippen LogP contribution < -0.4 is 4.74 Å². The maximum Gasteiger partial charge on any atom is 0.359 e. The Morgan fingerprint density at radius 2 is 2.03 bits per heavy atom. The Bertz CT molecular complexity index is 1170. The van der Waals surface area contributed by atoms with E-state index in [1.807, 2.05) is 52.0 Å². The molecule has 8 nitrogen and oxygen atoms in total. The van der Waals surface area contributed by atoms with Gasteiger partial charge in [0.15, 0.2) is 5.69 Å².